The molecule has 4 nitrogen and oxygen atoms in total. The zero-order chi connectivity index (χ0) is 15.0. The maximum Gasteiger partial charge on any atom is 0.309 e. The van der Waals surface area contributed by atoms with E-state index in [1.807, 2.05) is 32.9 Å². The fourth-order valence-corrected chi connectivity index (χ4v) is 3.04. The van der Waals surface area contributed by atoms with Crippen LogP contribution in [-0.2, 0) is 6.42 Å². The van der Waals surface area contributed by atoms with Gasteiger partial charge < -0.3 is 0 Å². The lowest BCUT2D eigenvalue weighted by molar-refractivity contribution is -0.385. The van der Waals surface area contributed by atoms with E-state index in [-0.39, 0.29) is 16.6 Å². The number of benzene rings is 1. The van der Waals surface area contributed by atoms with Crippen LogP contribution in [0.1, 0.15) is 25.1 Å². The van der Waals surface area contributed by atoms with Crippen LogP contribution in [0, 0.1) is 23.0 Å². The predicted octanol–water partition coefficient (Wildman–Crippen LogP) is 5.07. The van der Waals surface area contributed by atoms with Gasteiger partial charge in [0.2, 0.25) is 0 Å². The molecule has 0 spiro atoms. The Balaban J connectivity index is 2.89. The second-order valence-corrected chi connectivity index (χ2v) is 6.40. The second-order valence-electron chi connectivity index (χ2n) is 5.16. The minimum atomic E-state index is -0.438. The van der Waals surface area contributed by atoms with Crippen molar-refractivity contribution in [1.82, 2.24) is 4.98 Å². The number of hydrogen-bond acceptors (Lipinski definition) is 3. The molecule has 0 unspecified atom stereocenters. The second kappa shape index (κ2) is 5.66. The monoisotopic (exact) mass is 356 g/mol. The van der Waals surface area contributed by atoms with Crippen molar-refractivity contribution in [2.45, 2.75) is 27.2 Å². The van der Waals surface area contributed by atoms with E-state index < -0.39 is 4.92 Å². The molecule has 0 aliphatic carbocycles. The smallest absolute Gasteiger partial charge is 0.258 e. The van der Waals surface area contributed by atoms with Crippen molar-refractivity contribution in [3.63, 3.8) is 0 Å². The molecule has 0 saturated carbocycles. The molecule has 1 heterocycles. The van der Waals surface area contributed by atoms with Crippen molar-refractivity contribution in [3.05, 3.63) is 43.0 Å². The summed E-state index contributed by atoms with van der Waals surface area (Å²) >= 11 is 9.74. The molecule has 0 saturated heterocycles. The van der Waals surface area contributed by atoms with E-state index >= 15 is 0 Å². The Morgan fingerprint density at radius 1 is 1.45 bits per heavy atom. The van der Waals surface area contributed by atoms with Crippen molar-refractivity contribution in [2.75, 3.05) is 0 Å². The number of halogens is 2. The highest BCUT2D eigenvalue weighted by molar-refractivity contribution is 9.10. The van der Waals surface area contributed by atoms with Crippen molar-refractivity contribution < 1.29 is 4.92 Å². The summed E-state index contributed by atoms with van der Waals surface area (Å²) in [5.74, 6) is 0.262. The van der Waals surface area contributed by atoms with Crippen molar-refractivity contribution >= 4 is 44.1 Å². The largest absolute Gasteiger partial charge is 0.309 e. The fraction of sp³-hybridized carbons (Fsp3) is 0.357. The summed E-state index contributed by atoms with van der Waals surface area (Å²) in [7, 11) is 0. The lowest BCUT2D eigenvalue weighted by atomic mass is 10.0. The van der Waals surface area contributed by atoms with Gasteiger partial charge in [-0.2, -0.15) is 0 Å². The third-order valence-corrected chi connectivity index (χ3v) is 4.08. The van der Waals surface area contributed by atoms with Gasteiger partial charge >= 0.3 is 5.69 Å². The quantitative estimate of drug-likeness (QED) is 0.569. The van der Waals surface area contributed by atoms with E-state index in [1.165, 1.54) is 0 Å². The molecule has 0 atom stereocenters. The number of nitrogens with zero attached hydrogens (tertiary/aromatic N) is 2. The maximum atomic E-state index is 11.3. The third kappa shape index (κ3) is 2.65. The molecule has 0 aliphatic heterocycles. The van der Waals surface area contributed by atoms with Gasteiger partial charge in [0.25, 0.3) is 0 Å². The van der Waals surface area contributed by atoms with E-state index in [0.717, 1.165) is 10.0 Å². The number of rotatable bonds is 3. The van der Waals surface area contributed by atoms with E-state index in [9.17, 15) is 10.1 Å². The van der Waals surface area contributed by atoms with Gasteiger partial charge in [-0.3, -0.25) is 10.1 Å². The predicted molar refractivity (Wildman–Crippen MR) is 84.4 cm³/mol. The van der Waals surface area contributed by atoms with Crippen LogP contribution in [0.25, 0.3) is 10.9 Å². The number of nitro groups is 1. The maximum absolute atomic E-state index is 11.3. The Bertz CT molecular complexity index is 701. The molecule has 1 aromatic heterocycles. The number of hydrogen-bond donors (Lipinski definition) is 0. The van der Waals surface area contributed by atoms with Crippen molar-refractivity contribution in [2.24, 2.45) is 5.92 Å². The zero-order valence-electron chi connectivity index (χ0n) is 11.4. The lowest BCUT2D eigenvalue weighted by Gasteiger charge is -2.11. The average Bonchev–Trinajstić information content (AvgIpc) is 2.32. The number of aryl methyl sites for hydroxylation is 1. The molecule has 0 radical (unpaired) electrons. The molecular weight excluding hydrogens is 344 g/mol. The van der Waals surface area contributed by atoms with Crippen LogP contribution >= 0.6 is 27.5 Å². The van der Waals surface area contributed by atoms with Crippen LogP contribution in [0.2, 0.25) is 5.02 Å². The first-order valence-electron chi connectivity index (χ1n) is 6.24. The minimum Gasteiger partial charge on any atom is -0.258 e. The summed E-state index contributed by atoms with van der Waals surface area (Å²) in [5.41, 5.74) is 1.92. The van der Waals surface area contributed by atoms with Crippen LogP contribution in [0.15, 0.2) is 16.6 Å². The summed E-state index contributed by atoms with van der Waals surface area (Å²) in [6.45, 7) is 5.86. The van der Waals surface area contributed by atoms with Gasteiger partial charge in [-0.1, -0.05) is 31.5 Å². The lowest BCUT2D eigenvalue weighted by Crippen LogP contribution is -2.05. The third-order valence-electron chi connectivity index (χ3n) is 3.07. The molecule has 0 bridgehead atoms. The van der Waals surface area contributed by atoms with E-state index in [2.05, 4.69) is 20.9 Å². The Hall–Kier alpha value is -1.20. The highest BCUT2D eigenvalue weighted by Crippen LogP contribution is 2.39. The molecule has 6 heteroatoms. The summed E-state index contributed by atoms with van der Waals surface area (Å²) in [4.78, 5) is 15.4. The van der Waals surface area contributed by atoms with Gasteiger partial charge in [-0.25, -0.2) is 4.98 Å². The zero-order valence-corrected chi connectivity index (χ0v) is 13.7. The van der Waals surface area contributed by atoms with Crippen molar-refractivity contribution in [3.8, 4) is 0 Å². The van der Waals surface area contributed by atoms with Gasteiger partial charge in [0.05, 0.1) is 10.4 Å². The van der Waals surface area contributed by atoms with Crippen LogP contribution < -0.4 is 0 Å². The molecule has 0 N–H and O–H groups in total. The Kier molecular flexibility index (Phi) is 4.30. The summed E-state index contributed by atoms with van der Waals surface area (Å²) in [6.07, 6.45) is 0.520. The molecule has 2 rings (SSSR count). The Morgan fingerprint density at radius 3 is 2.65 bits per heavy atom. The van der Waals surface area contributed by atoms with Gasteiger partial charge in [-0.15, -0.1) is 0 Å². The Labute approximate surface area is 130 Å². The van der Waals surface area contributed by atoms with Crippen LogP contribution in [0.3, 0.4) is 0 Å². The standard InChI is InChI=1S/C14H14BrClN2O2/c1-7(2)6-10-14(18(19)20)12(16)11-8(3)4-5-9(15)13(11)17-10/h4-5,7H,6H2,1-3H3. The SMILES string of the molecule is Cc1ccc(Br)c2nc(CC(C)C)c([N+](=O)[O-])c(Cl)c12. The number of aromatic nitrogens is 1. The molecular formula is C14H14BrClN2O2. The molecule has 106 valence electrons. The molecule has 0 aliphatic rings. The highest BCUT2D eigenvalue weighted by atomic mass is 79.9. The summed E-state index contributed by atoms with van der Waals surface area (Å²) in [6, 6.07) is 3.75. The van der Waals surface area contributed by atoms with E-state index in [0.29, 0.717) is 23.0 Å². The normalized spacial score (nSPS) is 11.3. The van der Waals surface area contributed by atoms with E-state index in [4.69, 9.17) is 11.6 Å². The fourth-order valence-electron chi connectivity index (χ4n) is 2.20. The number of pyridine rings is 1. The first-order chi connectivity index (χ1) is 9.32. The van der Waals surface area contributed by atoms with Crippen molar-refractivity contribution in [1.29, 1.82) is 0 Å². The van der Waals surface area contributed by atoms with Crippen LogP contribution in [0.4, 0.5) is 5.69 Å². The highest BCUT2D eigenvalue weighted by Gasteiger charge is 2.25. The molecule has 2 aromatic rings. The molecule has 1 aromatic carbocycles. The van der Waals surface area contributed by atoms with Crippen LogP contribution in [-0.4, -0.2) is 9.91 Å². The van der Waals surface area contributed by atoms with Crippen LogP contribution in [0.5, 0.6) is 0 Å². The first kappa shape index (κ1) is 15.2. The number of fused-ring (bicyclic) bond motifs is 1. The van der Waals surface area contributed by atoms with E-state index in [1.54, 1.807) is 0 Å². The first-order valence-corrected chi connectivity index (χ1v) is 7.41. The average molecular weight is 358 g/mol. The molecule has 0 amide bonds. The molecule has 20 heavy (non-hydrogen) atoms. The topological polar surface area (TPSA) is 56.0 Å². The van der Waals surface area contributed by atoms with Gasteiger partial charge in [0, 0.05) is 9.86 Å². The molecule has 0 fully saturated rings. The minimum absolute atomic E-state index is 0.0749. The summed E-state index contributed by atoms with van der Waals surface area (Å²) < 4.78 is 0.792. The summed E-state index contributed by atoms with van der Waals surface area (Å²) in [5, 5.41) is 12.1. The Morgan fingerprint density at radius 2 is 2.10 bits per heavy atom. The van der Waals surface area contributed by atoms with Gasteiger partial charge in [0.15, 0.2) is 0 Å². The van der Waals surface area contributed by atoms with Gasteiger partial charge in [0.1, 0.15) is 10.7 Å². The van der Waals surface area contributed by atoms with Gasteiger partial charge in [-0.05, 0) is 46.8 Å².